The number of rotatable bonds is 3. The molecule has 0 N–H and O–H groups in total. The van der Waals surface area contributed by atoms with E-state index in [-0.39, 0.29) is 0 Å². The van der Waals surface area contributed by atoms with E-state index in [1.807, 2.05) is 57.6 Å². The highest BCUT2D eigenvalue weighted by Gasteiger charge is 2.18. The van der Waals surface area contributed by atoms with Gasteiger partial charge in [-0.15, -0.1) is 22.7 Å². The van der Waals surface area contributed by atoms with Crippen LogP contribution in [0.5, 0.6) is 0 Å². The molecule has 1 aromatic carbocycles. The summed E-state index contributed by atoms with van der Waals surface area (Å²) in [5, 5.41) is 4.04. The maximum atomic E-state index is 11.6. The van der Waals surface area contributed by atoms with E-state index in [2.05, 4.69) is 4.98 Å². The monoisotopic (exact) mass is 310 g/mol. The highest BCUT2D eigenvalue weighted by atomic mass is 32.1. The molecule has 3 nitrogen and oxygen atoms in total. The number of benzene rings is 1. The Hall–Kier alpha value is -2.24. The zero-order valence-corrected chi connectivity index (χ0v) is 12.5. The summed E-state index contributed by atoms with van der Waals surface area (Å²) in [5.74, 6) is 0. The number of fused-ring (bicyclic) bond motifs is 1. The Morgan fingerprint density at radius 2 is 1.90 bits per heavy atom. The van der Waals surface area contributed by atoms with E-state index < -0.39 is 0 Å². The van der Waals surface area contributed by atoms with E-state index in [4.69, 9.17) is 0 Å². The van der Waals surface area contributed by atoms with Crippen LogP contribution in [0.25, 0.3) is 26.8 Å². The van der Waals surface area contributed by atoms with Crippen molar-refractivity contribution < 1.29 is 4.79 Å². The lowest BCUT2D eigenvalue weighted by Crippen LogP contribution is -1.93. The number of thiophene rings is 1. The summed E-state index contributed by atoms with van der Waals surface area (Å²) in [6.07, 6.45) is 0.897. The van der Waals surface area contributed by atoms with Crippen molar-refractivity contribution in [3.05, 3.63) is 58.9 Å². The number of carbonyl (C=O) groups excluding carboxylic acids is 1. The van der Waals surface area contributed by atoms with E-state index in [1.54, 1.807) is 22.7 Å². The van der Waals surface area contributed by atoms with Crippen LogP contribution in [0.4, 0.5) is 0 Å². The van der Waals surface area contributed by atoms with Crippen molar-refractivity contribution >= 4 is 33.9 Å². The van der Waals surface area contributed by atoms with Crippen molar-refractivity contribution in [2.45, 2.75) is 0 Å². The summed E-state index contributed by atoms with van der Waals surface area (Å²) in [6, 6.07) is 14.0. The largest absolute Gasteiger partial charge is 0.296 e. The van der Waals surface area contributed by atoms with Gasteiger partial charge in [0.1, 0.15) is 11.4 Å². The van der Waals surface area contributed by atoms with Crippen molar-refractivity contribution in [1.29, 1.82) is 0 Å². The molecule has 3 heterocycles. The van der Waals surface area contributed by atoms with E-state index in [1.165, 1.54) is 0 Å². The highest BCUT2D eigenvalue weighted by molar-refractivity contribution is 7.15. The third-order valence-corrected chi connectivity index (χ3v) is 5.04. The van der Waals surface area contributed by atoms with Crippen LogP contribution in [-0.2, 0) is 0 Å². The van der Waals surface area contributed by atoms with Gasteiger partial charge in [-0.25, -0.2) is 4.98 Å². The average Bonchev–Trinajstić information content (AvgIpc) is 3.23. The number of nitrogens with zero attached hydrogens (tertiary/aromatic N) is 2. The van der Waals surface area contributed by atoms with E-state index >= 15 is 0 Å². The Bertz CT molecular complexity index is 905. The number of carbonyl (C=O) groups is 1. The first kappa shape index (κ1) is 12.5. The number of hydrogen-bond acceptors (Lipinski definition) is 4. The van der Waals surface area contributed by atoms with Crippen LogP contribution >= 0.6 is 22.7 Å². The number of thiazole rings is 1. The molecule has 3 aromatic heterocycles. The topological polar surface area (TPSA) is 34.4 Å². The highest BCUT2D eigenvalue weighted by Crippen LogP contribution is 2.33. The normalized spacial score (nSPS) is 11.0. The second-order valence-electron chi connectivity index (χ2n) is 4.55. The Morgan fingerprint density at radius 3 is 2.62 bits per heavy atom. The average molecular weight is 310 g/mol. The predicted molar refractivity (Wildman–Crippen MR) is 87.2 cm³/mol. The molecular formula is C16H10N2OS2. The van der Waals surface area contributed by atoms with Crippen LogP contribution in [0.2, 0.25) is 0 Å². The minimum absolute atomic E-state index is 0.618. The molecule has 0 aliphatic rings. The lowest BCUT2D eigenvalue weighted by molar-refractivity contribution is 0.111. The van der Waals surface area contributed by atoms with Crippen LogP contribution in [0.3, 0.4) is 0 Å². The fourth-order valence-electron chi connectivity index (χ4n) is 2.39. The van der Waals surface area contributed by atoms with Crippen molar-refractivity contribution in [2.24, 2.45) is 0 Å². The third kappa shape index (κ3) is 1.93. The van der Waals surface area contributed by atoms with Gasteiger partial charge in [0.25, 0.3) is 0 Å². The maximum Gasteiger partial charge on any atom is 0.195 e. The van der Waals surface area contributed by atoms with Gasteiger partial charge in [0.15, 0.2) is 11.2 Å². The Morgan fingerprint density at radius 1 is 1.05 bits per heavy atom. The van der Waals surface area contributed by atoms with Crippen LogP contribution in [-0.4, -0.2) is 15.7 Å². The van der Waals surface area contributed by atoms with E-state index in [9.17, 15) is 4.79 Å². The lowest BCUT2D eigenvalue weighted by atomic mass is 10.2. The minimum atomic E-state index is 0.618. The maximum absolute atomic E-state index is 11.6. The quantitative estimate of drug-likeness (QED) is 0.518. The fourth-order valence-corrected chi connectivity index (χ4v) is 4.02. The van der Waals surface area contributed by atoms with Crippen molar-refractivity contribution in [2.75, 3.05) is 0 Å². The minimum Gasteiger partial charge on any atom is -0.296 e. The molecule has 0 amide bonds. The van der Waals surface area contributed by atoms with Crippen molar-refractivity contribution in [1.82, 2.24) is 9.38 Å². The molecule has 0 saturated heterocycles. The molecule has 4 aromatic rings. The molecule has 0 aliphatic heterocycles. The fraction of sp³-hybridized carbons (Fsp3) is 0. The molecule has 0 bridgehead atoms. The van der Waals surface area contributed by atoms with E-state index in [0.29, 0.717) is 5.69 Å². The van der Waals surface area contributed by atoms with Gasteiger partial charge in [-0.1, -0.05) is 36.4 Å². The zero-order chi connectivity index (χ0) is 14.2. The molecule has 0 atom stereocenters. The van der Waals surface area contributed by atoms with Gasteiger partial charge in [-0.3, -0.25) is 9.20 Å². The van der Waals surface area contributed by atoms with Gasteiger partial charge in [0.2, 0.25) is 0 Å². The van der Waals surface area contributed by atoms with Gasteiger partial charge in [0, 0.05) is 5.38 Å². The summed E-state index contributed by atoms with van der Waals surface area (Å²) in [7, 11) is 0. The van der Waals surface area contributed by atoms with Gasteiger partial charge >= 0.3 is 0 Å². The molecular weight excluding hydrogens is 300 g/mol. The molecule has 0 unspecified atom stereocenters. The third-order valence-electron chi connectivity index (χ3n) is 3.33. The number of hydrogen-bond donors (Lipinski definition) is 0. The Labute approximate surface area is 129 Å². The summed E-state index contributed by atoms with van der Waals surface area (Å²) in [5.41, 5.74) is 3.48. The van der Waals surface area contributed by atoms with Gasteiger partial charge in [-0.2, -0.15) is 0 Å². The summed E-state index contributed by atoms with van der Waals surface area (Å²) < 4.78 is 1.95. The standard InChI is InChI=1S/C16H10N2OS2/c19-9-12-15(14-7-4-8-20-14)17-16-18(12)13(10-21-16)11-5-2-1-3-6-11/h1-10H. The molecule has 0 radical (unpaired) electrons. The second kappa shape index (κ2) is 4.95. The van der Waals surface area contributed by atoms with E-state index in [0.717, 1.165) is 33.1 Å². The smallest absolute Gasteiger partial charge is 0.195 e. The van der Waals surface area contributed by atoms with Gasteiger partial charge in [0.05, 0.1) is 10.6 Å². The molecule has 0 saturated carbocycles. The van der Waals surface area contributed by atoms with Crippen molar-refractivity contribution in [3.8, 4) is 21.8 Å². The lowest BCUT2D eigenvalue weighted by Gasteiger charge is -2.01. The van der Waals surface area contributed by atoms with Gasteiger partial charge in [-0.05, 0) is 17.0 Å². The zero-order valence-electron chi connectivity index (χ0n) is 10.9. The Kier molecular flexibility index (Phi) is 2.94. The number of imidazole rings is 1. The van der Waals surface area contributed by atoms with Crippen LogP contribution in [0, 0.1) is 0 Å². The summed E-state index contributed by atoms with van der Waals surface area (Å²) >= 11 is 3.15. The van der Waals surface area contributed by atoms with Crippen LogP contribution in [0.1, 0.15) is 10.5 Å². The van der Waals surface area contributed by atoms with Crippen LogP contribution in [0.15, 0.2) is 53.2 Å². The molecule has 0 fully saturated rings. The molecule has 0 spiro atoms. The Balaban J connectivity index is 2.01. The number of aldehydes is 1. The SMILES string of the molecule is O=Cc1c(-c2cccs2)nc2scc(-c3ccccc3)n12. The van der Waals surface area contributed by atoms with Gasteiger partial charge < -0.3 is 0 Å². The molecule has 0 aliphatic carbocycles. The second-order valence-corrected chi connectivity index (χ2v) is 6.33. The molecule has 21 heavy (non-hydrogen) atoms. The summed E-state index contributed by atoms with van der Waals surface area (Å²) in [4.78, 5) is 18.1. The van der Waals surface area contributed by atoms with Crippen LogP contribution < -0.4 is 0 Å². The first-order valence-corrected chi connectivity index (χ1v) is 8.19. The first-order valence-electron chi connectivity index (χ1n) is 6.43. The first-order chi connectivity index (χ1) is 10.4. The molecule has 4 rings (SSSR count). The summed E-state index contributed by atoms with van der Waals surface area (Å²) in [6.45, 7) is 0. The molecule has 102 valence electrons. The number of aromatic nitrogens is 2. The van der Waals surface area contributed by atoms with Crippen molar-refractivity contribution in [3.63, 3.8) is 0 Å². The predicted octanol–water partition coefficient (Wildman–Crippen LogP) is 4.60. The molecule has 5 heteroatoms.